The van der Waals surface area contributed by atoms with Gasteiger partial charge in [-0.2, -0.15) is 0 Å². The molecule has 0 fully saturated rings. The number of allylic oxidation sites excluding steroid dienone is 1. The Morgan fingerprint density at radius 3 is 2.67 bits per heavy atom. The number of fused-ring (bicyclic) bond motifs is 1. The molecule has 0 bridgehead atoms. The van der Waals surface area contributed by atoms with E-state index in [1.807, 2.05) is 54.1 Å². The maximum Gasteiger partial charge on any atom is 0.341 e. The minimum atomic E-state index is -0.492. The van der Waals surface area contributed by atoms with Crippen LogP contribution in [0.3, 0.4) is 0 Å². The molecule has 0 aliphatic carbocycles. The molecule has 0 spiro atoms. The Hall–Kier alpha value is -3.73. The number of nitrogens with zero attached hydrogens (tertiary/aromatic N) is 3. The van der Waals surface area contributed by atoms with E-state index in [9.17, 15) is 9.59 Å². The van der Waals surface area contributed by atoms with Gasteiger partial charge < -0.3 is 10.1 Å². The second-order valence-electron chi connectivity index (χ2n) is 8.85. The van der Waals surface area contributed by atoms with Crippen LogP contribution in [0.5, 0.6) is 0 Å². The maximum atomic E-state index is 13.0. The molecule has 0 saturated heterocycles. The van der Waals surface area contributed by atoms with Crippen LogP contribution in [0.2, 0.25) is 0 Å². The third-order valence-electron chi connectivity index (χ3n) is 6.20. The molecule has 10 heteroatoms. The lowest BCUT2D eigenvalue weighted by atomic mass is 9.97. The highest BCUT2D eigenvalue weighted by molar-refractivity contribution is 7.99. The van der Waals surface area contributed by atoms with Gasteiger partial charge in [-0.15, -0.1) is 39.4 Å². The van der Waals surface area contributed by atoms with Crippen LogP contribution in [0.25, 0.3) is 32.6 Å². The molecule has 7 nitrogen and oxygen atoms in total. The standard InChI is InChI=1S/C29H26N4O3S3/c1-5-12-33-26(22-15-37-23-9-7-6-8-19(22)23)31-32-29(33)39-16-24(34)30-27-25(28(35)36-4)21(14-38-27)20-13-17(2)10-11-18(20)3/h5-11,13-15H,1,12,16H2,2-4H3,(H,30,34). The number of rotatable bonds is 9. The van der Waals surface area contributed by atoms with E-state index < -0.39 is 5.97 Å². The SMILES string of the molecule is C=CCn1c(SCC(=O)Nc2scc(-c3cc(C)ccc3C)c2C(=O)OC)nnc1-c1csc2ccccc12. The van der Waals surface area contributed by atoms with E-state index in [0.29, 0.717) is 22.3 Å². The first-order chi connectivity index (χ1) is 18.9. The van der Waals surface area contributed by atoms with Gasteiger partial charge in [-0.3, -0.25) is 9.36 Å². The highest BCUT2D eigenvalue weighted by atomic mass is 32.2. The number of ether oxygens (including phenoxy) is 1. The molecule has 0 saturated carbocycles. The molecule has 0 unspecified atom stereocenters. The van der Waals surface area contributed by atoms with Gasteiger partial charge in [0.15, 0.2) is 11.0 Å². The van der Waals surface area contributed by atoms with Crippen LogP contribution in [-0.2, 0) is 16.1 Å². The molecule has 3 heterocycles. The molecule has 0 aliphatic rings. The summed E-state index contributed by atoms with van der Waals surface area (Å²) in [6.07, 6.45) is 1.79. The second-order valence-corrected chi connectivity index (χ2v) is 11.6. The molecule has 0 atom stereocenters. The van der Waals surface area contributed by atoms with Crippen LogP contribution < -0.4 is 5.32 Å². The topological polar surface area (TPSA) is 86.1 Å². The van der Waals surface area contributed by atoms with Gasteiger partial charge in [-0.25, -0.2) is 4.79 Å². The lowest BCUT2D eigenvalue weighted by Crippen LogP contribution is -2.16. The molecule has 39 heavy (non-hydrogen) atoms. The fraction of sp³-hybridized carbons (Fsp3) is 0.172. The number of aromatic nitrogens is 3. The number of thiophene rings is 2. The van der Waals surface area contributed by atoms with Crippen molar-refractivity contribution in [1.82, 2.24) is 14.8 Å². The number of amides is 1. The Labute approximate surface area is 238 Å². The van der Waals surface area contributed by atoms with Crippen molar-refractivity contribution in [3.05, 3.63) is 82.6 Å². The maximum absolute atomic E-state index is 13.0. The Morgan fingerprint density at radius 1 is 1.08 bits per heavy atom. The van der Waals surface area contributed by atoms with E-state index in [0.717, 1.165) is 39.0 Å². The van der Waals surface area contributed by atoms with Gasteiger partial charge in [0.25, 0.3) is 0 Å². The van der Waals surface area contributed by atoms with E-state index in [1.54, 1.807) is 17.4 Å². The predicted octanol–water partition coefficient (Wildman–Crippen LogP) is 7.21. The summed E-state index contributed by atoms with van der Waals surface area (Å²) in [5.74, 6) is 0.0834. The van der Waals surface area contributed by atoms with Crippen molar-refractivity contribution in [2.75, 3.05) is 18.2 Å². The summed E-state index contributed by atoms with van der Waals surface area (Å²) in [5, 5.41) is 17.9. The van der Waals surface area contributed by atoms with Crippen molar-refractivity contribution in [1.29, 1.82) is 0 Å². The summed E-state index contributed by atoms with van der Waals surface area (Å²) < 4.78 is 8.21. The zero-order chi connectivity index (χ0) is 27.5. The van der Waals surface area contributed by atoms with Gasteiger partial charge in [0.05, 0.1) is 12.9 Å². The number of methoxy groups -OCH3 is 1. The van der Waals surface area contributed by atoms with E-state index in [2.05, 4.69) is 39.6 Å². The van der Waals surface area contributed by atoms with E-state index in [-0.39, 0.29) is 11.7 Å². The lowest BCUT2D eigenvalue weighted by molar-refractivity contribution is -0.113. The fourth-order valence-electron chi connectivity index (χ4n) is 4.31. The Kier molecular flexibility index (Phi) is 7.97. The van der Waals surface area contributed by atoms with Crippen LogP contribution >= 0.6 is 34.4 Å². The van der Waals surface area contributed by atoms with Crippen molar-refractivity contribution in [2.24, 2.45) is 0 Å². The number of carbonyl (C=O) groups excluding carboxylic acids is 2. The highest BCUT2D eigenvalue weighted by Crippen LogP contribution is 2.38. The van der Waals surface area contributed by atoms with Crippen LogP contribution in [0.1, 0.15) is 21.5 Å². The van der Waals surface area contributed by atoms with Crippen molar-refractivity contribution < 1.29 is 14.3 Å². The average molecular weight is 575 g/mol. The van der Waals surface area contributed by atoms with Crippen molar-refractivity contribution in [3.63, 3.8) is 0 Å². The van der Waals surface area contributed by atoms with Gasteiger partial charge in [0.1, 0.15) is 10.6 Å². The smallest absolute Gasteiger partial charge is 0.341 e. The van der Waals surface area contributed by atoms with Crippen LogP contribution in [0.15, 0.2) is 71.0 Å². The first kappa shape index (κ1) is 26.9. The molecule has 3 aromatic heterocycles. The number of esters is 1. The largest absolute Gasteiger partial charge is 0.465 e. The van der Waals surface area contributed by atoms with Gasteiger partial charge >= 0.3 is 5.97 Å². The van der Waals surface area contributed by atoms with Gasteiger partial charge in [0.2, 0.25) is 5.91 Å². The molecular weight excluding hydrogens is 549 g/mol. The lowest BCUT2D eigenvalue weighted by Gasteiger charge is -2.10. The third-order valence-corrected chi connectivity index (χ3v) is 9.03. The zero-order valence-electron chi connectivity index (χ0n) is 21.7. The van der Waals surface area contributed by atoms with Gasteiger partial charge in [-0.1, -0.05) is 59.8 Å². The molecule has 0 radical (unpaired) electrons. The fourth-order valence-corrected chi connectivity index (χ4v) is 6.96. The molecule has 0 aliphatic heterocycles. The van der Waals surface area contributed by atoms with Crippen LogP contribution in [-0.4, -0.2) is 39.5 Å². The second kappa shape index (κ2) is 11.6. The Balaban J connectivity index is 1.37. The third kappa shape index (κ3) is 5.40. The number of hydrogen-bond donors (Lipinski definition) is 1. The van der Waals surface area contributed by atoms with E-state index >= 15 is 0 Å². The minimum Gasteiger partial charge on any atom is -0.465 e. The number of benzene rings is 2. The number of thioether (sulfide) groups is 1. The molecule has 5 aromatic rings. The summed E-state index contributed by atoms with van der Waals surface area (Å²) in [7, 11) is 1.34. The first-order valence-corrected chi connectivity index (χ1v) is 14.9. The van der Waals surface area contributed by atoms with Crippen LogP contribution in [0.4, 0.5) is 5.00 Å². The van der Waals surface area contributed by atoms with E-state index in [1.165, 1.54) is 34.9 Å². The summed E-state index contributed by atoms with van der Waals surface area (Å²) in [6.45, 7) is 8.39. The minimum absolute atomic E-state index is 0.0942. The summed E-state index contributed by atoms with van der Waals surface area (Å²) in [4.78, 5) is 25.8. The number of carbonyl (C=O) groups is 2. The number of anilines is 1. The first-order valence-electron chi connectivity index (χ1n) is 12.1. The monoisotopic (exact) mass is 574 g/mol. The Bertz CT molecular complexity index is 1700. The number of nitrogens with one attached hydrogen (secondary N) is 1. The molecule has 198 valence electrons. The van der Waals surface area contributed by atoms with E-state index in [4.69, 9.17) is 4.74 Å². The summed E-state index contributed by atoms with van der Waals surface area (Å²) >= 11 is 4.25. The Morgan fingerprint density at radius 2 is 1.87 bits per heavy atom. The normalized spacial score (nSPS) is 11.1. The highest BCUT2D eigenvalue weighted by Gasteiger charge is 2.24. The molecule has 1 N–H and O–H groups in total. The van der Waals surface area contributed by atoms with Gasteiger partial charge in [0, 0.05) is 38.5 Å². The van der Waals surface area contributed by atoms with Crippen molar-refractivity contribution >= 4 is 61.4 Å². The number of aryl methyl sites for hydroxylation is 2. The summed E-state index contributed by atoms with van der Waals surface area (Å²) in [6, 6.07) is 14.3. The zero-order valence-corrected chi connectivity index (χ0v) is 24.1. The average Bonchev–Trinajstić information content (AvgIpc) is 3.65. The van der Waals surface area contributed by atoms with Gasteiger partial charge in [-0.05, 0) is 31.0 Å². The predicted molar refractivity (Wildman–Crippen MR) is 161 cm³/mol. The van der Waals surface area contributed by atoms with Crippen molar-refractivity contribution in [3.8, 4) is 22.5 Å². The molecule has 5 rings (SSSR count). The molecule has 1 amide bonds. The quantitative estimate of drug-likeness (QED) is 0.114. The van der Waals surface area contributed by atoms with Crippen LogP contribution in [0, 0.1) is 13.8 Å². The molecular formula is C29H26N4O3S3. The van der Waals surface area contributed by atoms with Crippen molar-refractivity contribution in [2.45, 2.75) is 25.5 Å². The summed E-state index contributed by atoms with van der Waals surface area (Å²) in [5.41, 5.74) is 5.16. The molecule has 2 aromatic carbocycles. The number of hydrogen-bond acceptors (Lipinski definition) is 8.